The number of aromatic nitrogens is 3. The molecule has 0 spiro atoms. The molecule has 21 heavy (non-hydrogen) atoms. The van der Waals surface area contributed by atoms with Gasteiger partial charge in [-0.15, -0.1) is 0 Å². The van der Waals surface area contributed by atoms with Crippen LogP contribution in [0.3, 0.4) is 0 Å². The van der Waals surface area contributed by atoms with Gasteiger partial charge in [0.15, 0.2) is 0 Å². The van der Waals surface area contributed by atoms with Gasteiger partial charge in [0.2, 0.25) is 17.2 Å². The minimum Gasteiger partial charge on any atom is -0.354 e. The van der Waals surface area contributed by atoms with Crippen LogP contribution in [0.5, 0.6) is 0 Å². The predicted molar refractivity (Wildman–Crippen MR) is 84.9 cm³/mol. The second kappa shape index (κ2) is 6.75. The maximum Gasteiger partial charge on any atom is 0.229 e. The zero-order chi connectivity index (χ0) is 14.7. The Balaban J connectivity index is 1.62. The number of hydrogen-bond donors (Lipinski definition) is 2. The van der Waals surface area contributed by atoms with E-state index in [1.54, 1.807) is 0 Å². The highest BCUT2D eigenvalue weighted by atomic mass is 35.5. The van der Waals surface area contributed by atoms with Crippen LogP contribution in [0, 0.1) is 0 Å². The summed E-state index contributed by atoms with van der Waals surface area (Å²) in [5.41, 5.74) is 0. The van der Waals surface area contributed by atoms with Gasteiger partial charge in [0.25, 0.3) is 0 Å². The molecule has 0 amide bonds. The number of anilines is 2. The van der Waals surface area contributed by atoms with Crippen LogP contribution in [0.2, 0.25) is 5.28 Å². The van der Waals surface area contributed by atoms with Crippen molar-refractivity contribution < 1.29 is 0 Å². The second-order valence-electron chi connectivity index (χ2n) is 5.88. The van der Waals surface area contributed by atoms with E-state index in [0.717, 1.165) is 25.4 Å². The van der Waals surface area contributed by atoms with Gasteiger partial charge in [0.1, 0.15) is 0 Å². The monoisotopic (exact) mass is 310 g/mol. The third-order valence-corrected chi connectivity index (χ3v) is 4.46. The van der Waals surface area contributed by atoms with Gasteiger partial charge in [0.05, 0.1) is 0 Å². The summed E-state index contributed by atoms with van der Waals surface area (Å²) in [5, 5.41) is 6.83. The molecule has 2 unspecified atom stereocenters. The van der Waals surface area contributed by atoms with Crippen molar-refractivity contribution >= 4 is 23.5 Å². The normalized spacial score (nSPS) is 25.6. The molecular formula is C14H23ClN6. The van der Waals surface area contributed by atoms with Crippen molar-refractivity contribution in [3.8, 4) is 0 Å². The summed E-state index contributed by atoms with van der Waals surface area (Å²) in [6, 6.07) is 1.16. The molecule has 2 aliphatic heterocycles. The Morgan fingerprint density at radius 3 is 2.90 bits per heavy atom. The lowest BCUT2D eigenvalue weighted by Gasteiger charge is -2.35. The molecule has 0 bridgehead atoms. The van der Waals surface area contributed by atoms with Crippen molar-refractivity contribution in [1.29, 1.82) is 0 Å². The van der Waals surface area contributed by atoms with Crippen molar-refractivity contribution in [2.45, 2.75) is 51.1 Å². The minimum absolute atomic E-state index is 0.240. The summed E-state index contributed by atoms with van der Waals surface area (Å²) in [6.45, 7) is 5.37. The van der Waals surface area contributed by atoms with Crippen molar-refractivity contribution in [2.75, 3.05) is 30.3 Å². The van der Waals surface area contributed by atoms with Gasteiger partial charge in [0, 0.05) is 25.2 Å². The lowest BCUT2D eigenvalue weighted by Crippen LogP contribution is -2.43. The van der Waals surface area contributed by atoms with E-state index in [1.807, 2.05) is 0 Å². The molecule has 2 saturated heterocycles. The van der Waals surface area contributed by atoms with Crippen LogP contribution >= 0.6 is 11.6 Å². The molecule has 3 rings (SSSR count). The van der Waals surface area contributed by atoms with Crippen LogP contribution in [0.15, 0.2) is 0 Å². The van der Waals surface area contributed by atoms with Gasteiger partial charge in [-0.25, -0.2) is 0 Å². The van der Waals surface area contributed by atoms with E-state index in [1.165, 1.54) is 32.4 Å². The number of fused-ring (bicyclic) bond motifs is 1. The first-order valence-corrected chi connectivity index (χ1v) is 8.28. The summed E-state index contributed by atoms with van der Waals surface area (Å²) in [7, 11) is 0. The molecule has 7 heteroatoms. The zero-order valence-electron chi connectivity index (χ0n) is 12.5. The first kappa shape index (κ1) is 14.8. The molecule has 1 aromatic heterocycles. The van der Waals surface area contributed by atoms with Crippen molar-refractivity contribution in [2.24, 2.45) is 0 Å². The van der Waals surface area contributed by atoms with Crippen LogP contribution in [0.4, 0.5) is 11.9 Å². The Bertz CT molecular complexity index is 483. The van der Waals surface area contributed by atoms with Crippen molar-refractivity contribution in [3.05, 3.63) is 5.28 Å². The Morgan fingerprint density at radius 2 is 2.05 bits per heavy atom. The van der Waals surface area contributed by atoms with E-state index in [-0.39, 0.29) is 5.28 Å². The molecule has 0 aromatic carbocycles. The van der Waals surface area contributed by atoms with E-state index < -0.39 is 0 Å². The number of nitrogens with zero attached hydrogens (tertiary/aromatic N) is 4. The molecular weight excluding hydrogens is 288 g/mol. The van der Waals surface area contributed by atoms with Crippen LogP contribution in [-0.4, -0.2) is 51.6 Å². The number of rotatable bonds is 5. The smallest absolute Gasteiger partial charge is 0.229 e. The van der Waals surface area contributed by atoms with Gasteiger partial charge < -0.3 is 15.5 Å². The topological polar surface area (TPSA) is 66.0 Å². The quantitative estimate of drug-likeness (QED) is 0.870. The lowest BCUT2D eigenvalue weighted by atomic mass is 9.98. The van der Waals surface area contributed by atoms with E-state index in [9.17, 15) is 0 Å². The molecule has 2 N–H and O–H groups in total. The maximum atomic E-state index is 5.99. The standard InChI is InChI=1S/C14H23ClN6/c1-2-6-16-13-18-12(15)19-14(20-13)17-10-5-8-21-7-3-4-11(21)9-10/h10-11H,2-9H2,1H3,(H2,16,17,18,19,20). The summed E-state index contributed by atoms with van der Waals surface area (Å²) in [5.74, 6) is 1.14. The largest absolute Gasteiger partial charge is 0.354 e. The molecule has 3 heterocycles. The second-order valence-corrected chi connectivity index (χ2v) is 6.21. The number of nitrogens with one attached hydrogen (secondary N) is 2. The van der Waals surface area contributed by atoms with Crippen LogP contribution in [-0.2, 0) is 0 Å². The van der Waals surface area contributed by atoms with E-state index in [2.05, 4.69) is 37.4 Å². The maximum absolute atomic E-state index is 5.99. The number of hydrogen-bond acceptors (Lipinski definition) is 6. The highest BCUT2D eigenvalue weighted by molar-refractivity contribution is 6.28. The van der Waals surface area contributed by atoms with Gasteiger partial charge >= 0.3 is 0 Å². The van der Waals surface area contributed by atoms with E-state index in [4.69, 9.17) is 11.6 Å². The Kier molecular flexibility index (Phi) is 4.75. The molecule has 0 saturated carbocycles. The Hall–Kier alpha value is -1.14. The average molecular weight is 311 g/mol. The molecule has 1 aromatic rings. The molecule has 2 atom stereocenters. The highest BCUT2D eigenvalue weighted by Crippen LogP contribution is 2.28. The van der Waals surface area contributed by atoms with Gasteiger partial charge in [-0.05, 0) is 50.2 Å². The highest BCUT2D eigenvalue weighted by Gasteiger charge is 2.31. The molecule has 6 nitrogen and oxygen atoms in total. The van der Waals surface area contributed by atoms with Gasteiger partial charge in [-0.1, -0.05) is 6.92 Å². The average Bonchev–Trinajstić information content (AvgIpc) is 2.92. The molecule has 2 aliphatic rings. The summed E-state index contributed by atoms with van der Waals surface area (Å²) in [4.78, 5) is 15.3. The van der Waals surface area contributed by atoms with Crippen LogP contribution in [0.1, 0.15) is 39.0 Å². The molecule has 2 fully saturated rings. The molecule has 116 valence electrons. The fraction of sp³-hybridized carbons (Fsp3) is 0.786. The van der Waals surface area contributed by atoms with Crippen LogP contribution in [0.25, 0.3) is 0 Å². The van der Waals surface area contributed by atoms with Crippen LogP contribution < -0.4 is 10.6 Å². The molecule has 0 radical (unpaired) electrons. The number of halogens is 1. The first-order valence-electron chi connectivity index (χ1n) is 7.90. The summed E-state index contributed by atoms with van der Waals surface area (Å²) in [6.07, 6.45) is 5.98. The van der Waals surface area contributed by atoms with Gasteiger partial charge in [-0.3, -0.25) is 0 Å². The lowest BCUT2D eigenvalue weighted by molar-refractivity contribution is 0.188. The predicted octanol–water partition coefficient (Wildman–Crippen LogP) is 2.39. The fourth-order valence-electron chi connectivity index (χ4n) is 3.27. The van der Waals surface area contributed by atoms with E-state index in [0.29, 0.717) is 17.9 Å². The van der Waals surface area contributed by atoms with E-state index >= 15 is 0 Å². The summed E-state index contributed by atoms with van der Waals surface area (Å²) < 4.78 is 0. The van der Waals surface area contributed by atoms with Crippen molar-refractivity contribution in [3.63, 3.8) is 0 Å². The first-order chi connectivity index (χ1) is 10.2. The van der Waals surface area contributed by atoms with Crippen molar-refractivity contribution in [1.82, 2.24) is 19.9 Å². The third kappa shape index (κ3) is 3.74. The fourth-order valence-corrected chi connectivity index (χ4v) is 3.43. The summed E-state index contributed by atoms with van der Waals surface area (Å²) >= 11 is 5.99. The third-order valence-electron chi connectivity index (χ3n) is 4.29. The Labute approximate surface area is 130 Å². The zero-order valence-corrected chi connectivity index (χ0v) is 13.2. The molecule has 0 aliphatic carbocycles. The minimum atomic E-state index is 0.240. The SMILES string of the molecule is CCCNc1nc(Cl)nc(NC2CCN3CCCC3C2)n1. The Morgan fingerprint density at radius 1 is 1.19 bits per heavy atom. The number of piperidine rings is 1. The van der Waals surface area contributed by atoms with Gasteiger partial charge in [-0.2, -0.15) is 15.0 Å².